The van der Waals surface area contributed by atoms with Gasteiger partial charge in [-0.2, -0.15) is 13.2 Å². The summed E-state index contributed by atoms with van der Waals surface area (Å²) < 4.78 is 48.9. The fourth-order valence-electron chi connectivity index (χ4n) is 2.42. The normalized spacial score (nSPS) is 11.4. The molecule has 0 saturated heterocycles. The van der Waals surface area contributed by atoms with Crippen LogP contribution < -0.4 is 0 Å². The molecule has 2 aromatic carbocycles. The van der Waals surface area contributed by atoms with E-state index in [9.17, 15) is 18.0 Å². The summed E-state index contributed by atoms with van der Waals surface area (Å²) in [5, 5.41) is 3.94. The molecule has 0 bridgehead atoms. The highest BCUT2D eigenvalue weighted by Crippen LogP contribution is 2.36. The third kappa shape index (κ3) is 4.14. The van der Waals surface area contributed by atoms with Crippen molar-refractivity contribution in [1.29, 1.82) is 0 Å². The topological polar surface area (TPSA) is 52.3 Å². The van der Waals surface area contributed by atoms with Gasteiger partial charge in [0.2, 0.25) is 0 Å². The zero-order chi connectivity index (χ0) is 19.6. The third-order valence-electron chi connectivity index (χ3n) is 3.76. The Hall–Kier alpha value is -2.80. The third-order valence-corrected chi connectivity index (χ3v) is 4.09. The first-order valence-corrected chi connectivity index (χ1v) is 8.28. The van der Waals surface area contributed by atoms with Crippen LogP contribution in [0.2, 0.25) is 5.02 Å². The van der Waals surface area contributed by atoms with Crippen molar-refractivity contribution in [1.82, 2.24) is 5.16 Å². The van der Waals surface area contributed by atoms with Gasteiger partial charge in [-0.3, -0.25) is 0 Å². The molecule has 3 aromatic rings. The van der Waals surface area contributed by atoms with E-state index in [0.29, 0.717) is 16.9 Å². The molecule has 8 heteroatoms. The molecule has 0 fully saturated rings. The molecule has 1 heterocycles. The summed E-state index contributed by atoms with van der Waals surface area (Å²) in [6.45, 7) is 1.98. The Labute approximate surface area is 157 Å². The van der Waals surface area contributed by atoms with E-state index in [0.717, 1.165) is 12.1 Å². The number of hydrogen-bond donors (Lipinski definition) is 0. The minimum Gasteiger partial charge on any atom is -0.462 e. The molecule has 140 valence electrons. The van der Waals surface area contributed by atoms with Crippen LogP contribution in [0.15, 0.2) is 53.1 Å². The number of rotatable bonds is 4. The molecule has 0 aliphatic rings. The summed E-state index contributed by atoms with van der Waals surface area (Å²) in [6.07, 6.45) is -4.49. The van der Waals surface area contributed by atoms with Crippen LogP contribution in [-0.2, 0) is 10.9 Å². The van der Waals surface area contributed by atoms with Crippen molar-refractivity contribution < 1.29 is 27.2 Å². The van der Waals surface area contributed by atoms with Gasteiger partial charge in [-0.1, -0.05) is 28.9 Å². The second-order valence-electron chi connectivity index (χ2n) is 5.57. The van der Waals surface area contributed by atoms with Gasteiger partial charge in [0.05, 0.1) is 22.8 Å². The van der Waals surface area contributed by atoms with Gasteiger partial charge in [0.15, 0.2) is 5.76 Å². The van der Waals surface area contributed by atoms with E-state index in [1.54, 1.807) is 31.2 Å². The van der Waals surface area contributed by atoms with Crippen LogP contribution in [0.25, 0.3) is 22.6 Å². The van der Waals surface area contributed by atoms with E-state index >= 15 is 0 Å². The largest absolute Gasteiger partial charge is 0.462 e. The van der Waals surface area contributed by atoms with Crippen LogP contribution in [-0.4, -0.2) is 17.7 Å². The van der Waals surface area contributed by atoms with E-state index < -0.39 is 17.7 Å². The van der Waals surface area contributed by atoms with E-state index in [1.807, 2.05) is 0 Å². The molecule has 0 radical (unpaired) electrons. The average Bonchev–Trinajstić information content (AvgIpc) is 3.11. The lowest BCUT2D eigenvalue weighted by molar-refractivity contribution is -0.137. The first-order valence-electron chi connectivity index (χ1n) is 7.91. The Morgan fingerprint density at radius 2 is 1.85 bits per heavy atom. The molecular weight excluding hydrogens is 383 g/mol. The summed E-state index contributed by atoms with van der Waals surface area (Å²) in [7, 11) is 0. The predicted octanol–water partition coefficient (Wildman–Crippen LogP) is 5.86. The highest BCUT2D eigenvalue weighted by Gasteiger charge is 2.31. The van der Waals surface area contributed by atoms with E-state index in [1.165, 1.54) is 12.1 Å². The predicted molar refractivity (Wildman–Crippen MR) is 93.3 cm³/mol. The number of alkyl halides is 3. The summed E-state index contributed by atoms with van der Waals surface area (Å²) in [4.78, 5) is 11.7. The summed E-state index contributed by atoms with van der Waals surface area (Å²) in [5.74, 6) is -0.119. The second kappa shape index (κ2) is 7.44. The number of hydrogen-bond acceptors (Lipinski definition) is 4. The standard InChI is InChI=1S/C19H13ClF3NO3/c1-2-26-18(25)12-5-3-11(4-6-12)17-10-16(24-27-17)14-9-13(19(21,22)23)7-8-15(14)20/h3-10H,2H2,1H3. The first kappa shape index (κ1) is 19.0. The summed E-state index contributed by atoms with van der Waals surface area (Å²) in [5.41, 5.74) is 0.441. The maximum atomic E-state index is 12.9. The maximum absolute atomic E-state index is 12.9. The van der Waals surface area contributed by atoms with Crippen LogP contribution in [0.3, 0.4) is 0 Å². The molecule has 0 unspecified atom stereocenters. The van der Waals surface area contributed by atoms with Crippen molar-refractivity contribution in [3.63, 3.8) is 0 Å². The van der Waals surface area contributed by atoms with Crippen LogP contribution in [0, 0.1) is 0 Å². The van der Waals surface area contributed by atoms with Gasteiger partial charge in [-0.15, -0.1) is 0 Å². The van der Waals surface area contributed by atoms with Gasteiger partial charge in [0, 0.05) is 17.2 Å². The number of esters is 1. The van der Waals surface area contributed by atoms with Crippen molar-refractivity contribution in [3.8, 4) is 22.6 Å². The van der Waals surface area contributed by atoms with E-state index in [2.05, 4.69) is 5.16 Å². The lowest BCUT2D eigenvalue weighted by Crippen LogP contribution is -2.04. The zero-order valence-electron chi connectivity index (χ0n) is 14.0. The van der Waals surface area contributed by atoms with Gasteiger partial charge in [0.1, 0.15) is 5.69 Å². The quantitative estimate of drug-likeness (QED) is 0.519. The number of halogens is 4. The number of carbonyl (C=O) groups excluding carboxylic acids is 1. The molecule has 0 atom stereocenters. The number of aromatic nitrogens is 1. The number of ether oxygens (including phenoxy) is 1. The number of carbonyl (C=O) groups is 1. The monoisotopic (exact) mass is 395 g/mol. The van der Waals surface area contributed by atoms with Crippen LogP contribution in [0.5, 0.6) is 0 Å². The van der Waals surface area contributed by atoms with Crippen LogP contribution >= 0.6 is 11.6 Å². The lowest BCUT2D eigenvalue weighted by atomic mass is 10.1. The molecule has 0 aliphatic carbocycles. The molecule has 3 rings (SSSR count). The molecule has 1 aromatic heterocycles. The van der Waals surface area contributed by atoms with Crippen molar-refractivity contribution in [2.45, 2.75) is 13.1 Å². The Bertz CT molecular complexity index is 965. The Kier molecular flexibility index (Phi) is 5.23. The molecular formula is C19H13ClF3NO3. The lowest BCUT2D eigenvalue weighted by Gasteiger charge is -2.08. The first-order chi connectivity index (χ1) is 12.8. The zero-order valence-corrected chi connectivity index (χ0v) is 14.8. The van der Waals surface area contributed by atoms with Crippen LogP contribution in [0.4, 0.5) is 13.2 Å². The SMILES string of the molecule is CCOC(=O)c1ccc(-c2cc(-c3cc(C(F)(F)F)ccc3Cl)no2)cc1. The van der Waals surface area contributed by atoms with Gasteiger partial charge >= 0.3 is 12.1 Å². The fraction of sp³-hybridized carbons (Fsp3) is 0.158. The number of benzene rings is 2. The van der Waals surface area contributed by atoms with Gasteiger partial charge in [-0.25, -0.2) is 4.79 Å². The molecule has 27 heavy (non-hydrogen) atoms. The smallest absolute Gasteiger partial charge is 0.416 e. The molecule has 0 amide bonds. The average molecular weight is 396 g/mol. The maximum Gasteiger partial charge on any atom is 0.416 e. The summed E-state index contributed by atoms with van der Waals surface area (Å²) in [6, 6.07) is 10.9. The Morgan fingerprint density at radius 3 is 2.48 bits per heavy atom. The van der Waals surface area contributed by atoms with Crippen molar-refractivity contribution in [2.75, 3.05) is 6.61 Å². The Balaban J connectivity index is 1.90. The number of nitrogens with zero attached hydrogens (tertiary/aromatic N) is 1. The summed E-state index contributed by atoms with van der Waals surface area (Å²) >= 11 is 6.02. The van der Waals surface area contributed by atoms with Gasteiger partial charge < -0.3 is 9.26 Å². The minimum absolute atomic E-state index is 0.115. The molecule has 0 saturated carbocycles. The van der Waals surface area contributed by atoms with Crippen molar-refractivity contribution in [2.24, 2.45) is 0 Å². The molecule has 0 aliphatic heterocycles. The van der Waals surface area contributed by atoms with E-state index in [4.69, 9.17) is 20.9 Å². The van der Waals surface area contributed by atoms with Crippen molar-refractivity contribution in [3.05, 3.63) is 64.7 Å². The fourth-order valence-corrected chi connectivity index (χ4v) is 2.64. The minimum atomic E-state index is -4.49. The van der Waals surface area contributed by atoms with Gasteiger partial charge in [-0.05, 0) is 37.3 Å². The highest BCUT2D eigenvalue weighted by atomic mass is 35.5. The Morgan fingerprint density at radius 1 is 1.15 bits per heavy atom. The van der Waals surface area contributed by atoms with Crippen molar-refractivity contribution >= 4 is 17.6 Å². The second-order valence-corrected chi connectivity index (χ2v) is 5.97. The van der Waals surface area contributed by atoms with Crippen LogP contribution in [0.1, 0.15) is 22.8 Å². The molecule has 0 N–H and O–H groups in total. The van der Waals surface area contributed by atoms with E-state index in [-0.39, 0.29) is 22.9 Å². The van der Waals surface area contributed by atoms with Gasteiger partial charge in [0.25, 0.3) is 0 Å². The molecule has 4 nitrogen and oxygen atoms in total. The highest BCUT2D eigenvalue weighted by molar-refractivity contribution is 6.33. The molecule has 0 spiro atoms.